The van der Waals surface area contributed by atoms with Crippen LogP contribution in [-0.2, 0) is 67.1 Å². The van der Waals surface area contributed by atoms with Crippen molar-refractivity contribution in [3.05, 3.63) is 12.3 Å². The van der Waals surface area contributed by atoms with Gasteiger partial charge in [-0.3, -0.25) is 29.4 Å². The van der Waals surface area contributed by atoms with E-state index in [1.807, 2.05) is 83.2 Å². The van der Waals surface area contributed by atoms with Gasteiger partial charge in [0.25, 0.3) is 0 Å². The number of nitrogens with two attached hydrogens (primary N) is 4. The highest BCUT2D eigenvalue weighted by molar-refractivity contribution is 7.90. The molecule has 0 radical (unpaired) electrons. The molecule has 40 heteroatoms. The minimum Gasteiger partial charge on any atom is -0.488 e. The summed E-state index contributed by atoms with van der Waals surface area (Å²) in [7, 11) is 0.741. The van der Waals surface area contributed by atoms with Gasteiger partial charge < -0.3 is 72.2 Å². The van der Waals surface area contributed by atoms with E-state index in [1.54, 1.807) is 62.4 Å². The summed E-state index contributed by atoms with van der Waals surface area (Å²) in [6.07, 6.45) is -5.06. The van der Waals surface area contributed by atoms with Gasteiger partial charge >= 0.3 is 24.3 Å². The van der Waals surface area contributed by atoms with Crippen molar-refractivity contribution in [2.24, 2.45) is 27.9 Å². The van der Waals surface area contributed by atoms with Crippen molar-refractivity contribution < 1.29 is 92.1 Å². The fourth-order valence-electron chi connectivity index (χ4n) is 1.14. The summed E-state index contributed by atoms with van der Waals surface area (Å²) in [5.41, 5.74) is 20.1. The molecule has 0 aromatic rings. The molecule has 0 unspecified atom stereocenters. The maximum Gasteiger partial charge on any atom is 0.449 e. The predicted molar refractivity (Wildman–Crippen MR) is 460 cm³/mol. The van der Waals surface area contributed by atoms with Crippen LogP contribution in [0.2, 0.25) is 0 Å². The Bertz CT molecular complexity index is 2160. The van der Waals surface area contributed by atoms with Crippen LogP contribution in [0, 0.1) is 16.9 Å². The van der Waals surface area contributed by atoms with E-state index in [0.717, 1.165) is 39.0 Å². The van der Waals surface area contributed by atoms with Crippen LogP contribution < -0.4 is 38.9 Å². The molecule has 0 aliphatic rings. The molecule has 0 atom stereocenters. The SMILES string of the molecule is C=C(C)N.CC.CC(=N)N.CC(=O)C(F)(F)F.CC(=O)NC(C)=S.CC(=S)C(F)(F)F.CC(C)=O.CC(C)=O.CC(C)=O.CC(C)=S.CC(C)=S.CC(C)=S.CC(N)=NC#N.CC(N)=S.CCOC(C)=O.CCOC(C)=O.CCOC(C)=S.CCOC(C)=S.CNC(C)=O.CNC(C)=S.CS(C)(=O)=O. The number of ketones is 4. The number of thiocarbonyl (C=S) groups is 9. The molecule has 0 aromatic heterocycles. The van der Waals surface area contributed by atoms with Crippen LogP contribution in [0.4, 0.5) is 26.3 Å². The highest BCUT2D eigenvalue weighted by atomic mass is 32.2. The third-order valence-electron chi connectivity index (χ3n) is 3.47. The van der Waals surface area contributed by atoms with Crippen LogP contribution in [0.15, 0.2) is 17.3 Å². The molecule has 622 valence electrons. The Labute approximate surface area is 670 Å². The standard InChI is InChI=1S/C4H7NOS.2C4H8O2.2C4H8OS.C3H3F3O.C3H3F3S.C3H5N3.C3H7NO.C3H7NS.C3H7N.3C3H6O.3C3H6S.C2H6N2.C2H5NS.C2H6O2S.C2H6/c1-3(6)5-4(2)7;2*1-3-6-4(2)5;2*1-3-5-4(2)6;2*1-2(7)3(4,5)6;1-3(5)6-2-4;2*1-3(5)4-2;7*1-3(2)4;2*1-2(3)4;1-5(2,3)4;1-2/h1-2H3,(H,5,6,7);4*3H2,1-2H3;2*1H3;1H3,(H2,5,6);2*1-2H3,(H,4,5);1,4H2,2H3;6*1-2H3;1H3,(H3,3,4);1H3,(H2,3,4);1-2H3;1-2H3. The normalized spacial score (nSPS) is 7.91. The van der Waals surface area contributed by atoms with E-state index in [4.69, 9.17) is 43.1 Å². The van der Waals surface area contributed by atoms with Gasteiger partial charge in [-0.25, -0.2) is 8.42 Å². The molecule has 0 heterocycles. The molecule has 0 bridgehead atoms. The summed E-state index contributed by atoms with van der Waals surface area (Å²) < 4.78 is 103. The molecule has 0 rings (SSSR count). The molecule has 2 amide bonds. The molecule has 0 spiro atoms. The smallest absolute Gasteiger partial charge is 0.449 e. The summed E-state index contributed by atoms with van der Waals surface area (Å²) in [5.74, 6) is -1.31. The van der Waals surface area contributed by atoms with Gasteiger partial charge in [0.05, 0.1) is 52.1 Å². The van der Waals surface area contributed by atoms with Gasteiger partial charge in [0, 0.05) is 75.1 Å². The Morgan fingerprint density at radius 3 is 0.615 bits per heavy atom. The lowest BCUT2D eigenvalue weighted by atomic mass is 10.5. The lowest BCUT2D eigenvalue weighted by Crippen LogP contribution is -2.23. The number of Topliss-reactive ketones (excluding diaryl/α,β-unsaturated/α-hetero) is 4. The predicted octanol–water partition coefficient (Wildman–Crippen LogP) is 14.9. The first kappa shape index (κ1) is 156. The molecular weight excluding hydrogens is 1570 g/mol. The summed E-state index contributed by atoms with van der Waals surface area (Å²) in [6.45, 7) is 58.2. The van der Waals surface area contributed by atoms with E-state index >= 15 is 0 Å². The third kappa shape index (κ3) is 1030. The van der Waals surface area contributed by atoms with Crippen molar-refractivity contribution in [1.82, 2.24) is 16.0 Å². The van der Waals surface area contributed by atoms with Crippen LogP contribution in [0.25, 0.3) is 0 Å². The topological polar surface area (TPSA) is 408 Å². The first-order chi connectivity index (χ1) is 46.0. The minimum atomic E-state index is -4.64. The van der Waals surface area contributed by atoms with E-state index in [0.29, 0.717) is 65.0 Å². The van der Waals surface area contributed by atoms with Gasteiger partial charge in [0.2, 0.25) is 23.8 Å². The van der Waals surface area contributed by atoms with Crippen LogP contribution in [0.1, 0.15) is 222 Å². The fraction of sp³-hybridized carbons (Fsp3) is 0.656. The lowest BCUT2D eigenvalue weighted by Gasteiger charge is -1.99. The largest absolute Gasteiger partial charge is 0.488 e. The first-order valence-electron chi connectivity index (χ1n) is 29.5. The van der Waals surface area contributed by atoms with E-state index in [1.165, 1.54) is 82.4 Å². The van der Waals surface area contributed by atoms with E-state index < -0.39 is 32.8 Å². The van der Waals surface area contributed by atoms with Gasteiger partial charge in [-0.1, -0.05) is 106 Å². The van der Waals surface area contributed by atoms with Crippen molar-refractivity contribution >= 4 is 223 Å². The second kappa shape index (κ2) is 124. The molecule has 0 saturated carbocycles. The summed E-state index contributed by atoms with van der Waals surface area (Å²) in [4.78, 5) is 84.1. The number of amides is 2. The van der Waals surface area contributed by atoms with Crippen molar-refractivity contribution in [3.63, 3.8) is 0 Å². The van der Waals surface area contributed by atoms with Gasteiger partial charge in [0.15, 0.2) is 10.1 Å². The molecule has 0 fully saturated rings. The Balaban J connectivity index is -0.0000000368. The molecular formula is C64H130F6N10O14S10. The second-order valence-corrected chi connectivity index (χ2v) is 26.6. The van der Waals surface area contributed by atoms with Crippen molar-refractivity contribution in [1.29, 1.82) is 10.7 Å². The number of allylic oxidation sites excluding steroid dienone is 1. The number of esters is 2. The van der Waals surface area contributed by atoms with Crippen LogP contribution >= 0.6 is 110 Å². The average molecular weight is 1700 g/mol. The molecule has 0 aliphatic heterocycles. The number of nitrogens with zero attached hydrogens (tertiary/aromatic N) is 2. The maximum absolute atomic E-state index is 11.0. The number of nitrogens with one attached hydrogen (secondary N) is 4. The zero-order chi connectivity index (χ0) is 90.2. The Morgan fingerprint density at radius 2 is 0.615 bits per heavy atom. The molecule has 12 N–H and O–H groups in total. The molecule has 0 aliphatic carbocycles. The van der Waals surface area contributed by atoms with Crippen LogP contribution in [-0.4, -0.2) is 177 Å². The number of amidine groups is 2. The van der Waals surface area contributed by atoms with Crippen molar-refractivity contribution in [2.75, 3.05) is 53.0 Å². The number of hydrogen-bond donors (Lipinski definition) is 8. The Hall–Kier alpha value is -5.93. The van der Waals surface area contributed by atoms with Crippen molar-refractivity contribution in [3.8, 4) is 6.19 Å². The van der Waals surface area contributed by atoms with Gasteiger partial charge in [-0.2, -0.15) is 36.6 Å². The number of nitriles is 1. The zero-order valence-corrected chi connectivity index (χ0v) is 76.5. The van der Waals surface area contributed by atoms with Crippen molar-refractivity contribution in [2.45, 2.75) is 234 Å². The quantitative estimate of drug-likeness (QED) is 0.0324. The van der Waals surface area contributed by atoms with Gasteiger partial charge in [-0.05, 0) is 204 Å². The summed E-state index contributed by atoms with van der Waals surface area (Å²) in [6, 6.07) is 0. The highest BCUT2D eigenvalue weighted by Crippen LogP contribution is 2.16. The maximum atomic E-state index is 11.0. The Kier molecular flexibility index (Phi) is 185. The van der Waals surface area contributed by atoms with Crippen LogP contribution in [0.5, 0.6) is 0 Å². The van der Waals surface area contributed by atoms with Crippen LogP contribution in [0.3, 0.4) is 0 Å². The summed E-state index contributed by atoms with van der Waals surface area (Å²) >= 11 is 40.0. The minimum absolute atomic E-state index is 0.00463. The number of ether oxygens (including phenoxy) is 4. The van der Waals surface area contributed by atoms with E-state index in [-0.39, 0.29) is 46.9 Å². The monoisotopic (exact) mass is 1700 g/mol. The number of aliphatic imine (C=N–C) groups is 1. The summed E-state index contributed by atoms with van der Waals surface area (Å²) in [5, 5.41) is 22.8. The van der Waals surface area contributed by atoms with Gasteiger partial charge in [0.1, 0.15) is 33.0 Å². The number of alkyl halides is 6. The molecule has 104 heavy (non-hydrogen) atoms. The third-order valence-corrected chi connectivity index (χ3v) is 4.24. The molecule has 0 aromatic carbocycles. The van der Waals surface area contributed by atoms with Gasteiger partial charge in [-0.15, -0.1) is 0 Å². The number of carbonyl (C=O) groups is 8. The first-order valence-corrected chi connectivity index (χ1v) is 35.5. The number of rotatable bonds is 4. The average Bonchev–Trinajstić information content (AvgIpc) is 0.969. The lowest BCUT2D eigenvalue weighted by molar-refractivity contribution is -0.168. The number of carbonyl (C=O) groups excluding carboxylic acids is 8. The molecule has 0 saturated heterocycles. The Morgan fingerprint density at radius 1 is 0.471 bits per heavy atom. The number of hydrogen-bond acceptors (Lipinski definition) is 27. The molecule has 24 nitrogen and oxygen atoms in total. The van der Waals surface area contributed by atoms with E-state index in [2.05, 4.69) is 147 Å². The second-order valence-electron chi connectivity index (χ2n) is 18.2. The zero-order valence-electron chi connectivity index (χ0n) is 68.3. The number of halogens is 6. The van der Waals surface area contributed by atoms with E-state index in [9.17, 15) is 73.1 Å². The fourth-order valence-corrected chi connectivity index (χ4v) is 1.52. The number of sulfone groups is 1. The highest BCUT2D eigenvalue weighted by Gasteiger charge is 2.33.